The number of hydrogen-bond donors (Lipinski definition) is 0. The summed E-state index contributed by atoms with van der Waals surface area (Å²) in [5.41, 5.74) is 0.114. The molecule has 0 spiro atoms. The number of alkyl halides is 6. The molecule has 0 radical (unpaired) electrons. The van der Waals surface area contributed by atoms with Gasteiger partial charge in [0.1, 0.15) is 17.6 Å². The van der Waals surface area contributed by atoms with Crippen molar-refractivity contribution in [1.82, 2.24) is 10.0 Å². The molecule has 4 aliphatic rings. The van der Waals surface area contributed by atoms with Crippen LogP contribution in [0.5, 0.6) is 5.75 Å². The molecule has 1 aliphatic carbocycles. The monoisotopic (exact) mass is 709 g/mol. The van der Waals surface area contributed by atoms with Crippen molar-refractivity contribution in [2.45, 2.75) is 75.3 Å². The number of fused-ring (bicyclic) bond motifs is 2. The van der Waals surface area contributed by atoms with Crippen LogP contribution in [0.25, 0.3) is 11.3 Å². The molecule has 4 heterocycles. The maximum atomic E-state index is 13.8. The minimum atomic E-state index is -4.85. The van der Waals surface area contributed by atoms with Gasteiger partial charge in [0.05, 0.1) is 36.6 Å². The highest BCUT2D eigenvalue weighted by molar-refractivity contribution is 7.14. The fourth-order valence-electron chi connectivity index (χ4n) is 7.29. The number of esters is 1. The van der Waals surface area contributed by atoms with Crippen LogP contribution in [0, 0.1) is 5.92 Å². The number of aromatic nitrogens is 1. The van der Waals surface area contributed by atoms with Crippen LogP contribution in [0.3, 0.4) is 0 Å². The minimum absolute atomic E-state index is 0.103. The molecule has 2 bridgehead atoms. The number of carbonyl (C=O) groups excluding carboxylic acids is 1. The number of likely N-dealkylation sites (N-methyl/N-ethyl adjacent to an activating group) is 1. The second-order valence-corrected chi connectivity index (χ2v) is 13.6. The van der Waals surface area contributed by atoms with Crippen molar-refractivity contribution in [3.63, 3.8) is 0 Å². The van der Waals surface area contributed by atoms with Gasteiger partial charge in [0.2, 0.25) is 0 Å². The molecule has 49 heavy (non-hydrogen) atoms. The number of rotatable bonds is 9. The van der Waals surface area contributed by atoms with Crippen LogP contribution in [0.2, 0.25) is 0 Å². The van der Waals surface area contributed by atoms with Gasteiger partial charge in [0.25, 0.3) is 0 Å². The van der Waals surface area contributed by atoms with E-state index < -0.39 is 35.7 Å². The fraction of sp³-hybridized carbons (Fsp3) is 0.471. The number of para-hydroxylation sites is 1. The molecular formula is C34H33F6N3O5S. The van der Waals surface area contributed by atoms with E-state index in [1.165, 1.54) is 29.5 Å². The maximum absolute atomic E-state index is 13.8. The molecule has 1 saturated carbocycles. The predicted molar refractivity (Wildman–Crippen MR) is 167 cm³/mol. The van der Waals surface area contributed by atoms with E-state index >= 15 is 0 Å². The van der Waals surface area contributed by atoms with Gasteiger partial charge in [-0.25, -0.2) is 9.78 Å². The third kappa shape index (κ3) is 6.84. The van der Waals surface area contributed by atoms with Gasteiger partial charge in [-0.1, -0.05) is 24.3 Å². The molecule has 0 N–H and O–H groups in total. The van der Waals surface area contributed by atoms with Gasteiger partial charge in [0, 0.05) is 47.1 Å². The quantitative estimate of drug-likeness (QED) is 0.162. The number of halogens is 6. The Hall–Kier alpha value is -3.82. The zero-order valence-electron chi connectivity index (χ0n) is 26.5. The number of anilines is 1. The maximum Gasteiger partial charge on any atom is 0.573 e. The van der Waals surface area contributed by atoms with E-state index in [0.717, 1.165) is 56.3 Å². The van der Waals surface area contributed by atoms with Crippen molar-refractivity contribution in [2.75, 3.05) is 25.7 Å². The summed E-state index contributed by atoms with van der Waals surface area (Å²) in [5, 5.41) is 3.99. The third-order valence-electron chi connectivity index (χ3n) is 9.54. The molecule has 2 saturated heterocycles. The predicted octanol–water partition coefficient (Wildman–Crippen LogP) is 8.31. The zero-order valence-corrected chi connectivity index (χ0v) is 27.3. The molecule has 7 rings (SSSR count). The van der Waals surface area contributed by atoms with Crippen LogP contribution in [-0.2, 0) is 20.5 Å². The van der Waals surface area contributed by atoms with E-state index in [2.05, 4.69) is 14.4 Å². The molecule has 3 fully saturated rings. The first-order chi connectivity index (χ1) is 23.3. The van der Waals surface area contributed by atoms with Crippen molar-refractivity contribution in [2.24, 2.45) is 5.92 Å². The number of thiazole rings is 1. The molecule has 262 valence electrons. The average Bonchev–Trinajstić information content (AvgIpc) is 3.60. The molecule has 15 heteroatoms. The average molecular weight is 710 g/mol. The number of nitrogens with zero attached hydrogens (tertiary/aromatic N) is 3. The van der Waals surface area contributed by atoms with E-state index in [1.54, 1.807) is 29.6 Å². The Morgan fingerprint density at radius 1 is 1.02 bits per heavy atom. The number of carbonyl (C=O) groups is 1. The standard InChI is InChI=1S/C34H33F6N3O5S/c1-42-29(24-5-3-4-6-28(24)47-34(38,39)40)25(30(48-42)18-7-8-18)16-46-22-14-20-10-11-21(15-22)43(20)32-41-27(17-49-32)19-9-12-23(31(44)45-2)26(13-19)33(35,36)37/h3-6,9,12-13,17-18,20-22,29H,7-8,10-11,14-16H2,1-2H3/t20-,21?,22?,29?/m1/s1. The first kappa shape index (κ1) is 33.7. The van der Waals surface area contributed by atoms with Gasteiger partial charge >= 0.3 is 18.5 Å². The lowest BCUT2D eigenvalue weighted by Crippen LogP contribution is -2.45. The van der Waals surface area contributed by atoms with E-state index in [0.29, 0.717) is 29.2 Å². The molecule has 3 aromatic rings. The van der Waals surface area contributed by atoms with Crippen molar-refractivity contribution in [1.29, 1.82) is 0 Å². The number of piperidine rings is 1. The Labute approximate surface area is 282 Å². The first-order valence-electron chi connectivity index (χ1n) is 15.9. The van der Waals surface area contributed by atoms with Crippen molar-refractivity contribution in [3.05, 3.63) is 75.9 Å². The lowest BCUT2D eigenvalue weighted by atomic mass is 9.96. The molecule has 4 atom stereocenters. The van der Waals surface area contributed by atoms with Crippen molar-refractivity contribution in [3.8, 4) is 17.0 Å². The second-order valence-electron chi connectivity index (χ2n) is 12.8. The highest BCUT2D eigenvalue weighted by Crippen LogP contribution is 2.50. The Balaban J connectivity index is 1.06. The molecule has 2 aromatic carbocycles. The van der Waals surface area contributed by atoms with Gasteiger partial charge in [0.15, 0.2) is 5.13 Å². The molecule has 0 amide bonds. The van der Waals surface area contributed by atoms with E-state index in [9.17, 15) is 31.1 Å². The van der Waals surface area contributed by atoms with Gasteiger partial charge in [-0.2, -0.15) is 13.2 Å². The lowest BCUT2D eigenvalue weighted by molar-refractivity contribution is -0.275. The van der Waals surface area contributed by atoms with E-state index in [4.69, 9.17) is 14.6 Å². The minimum Gasteiger partial charge on any atom is -0.465 e. The van der Waals surface area contributed by atoms with E-state index in [1.807, 2.05) is 0 Å². The molecule has 8 nitrogen and oxygen atoms in total. The summed E-state index contributed by atoms with van der Waals surface area (Å²) < 4.78 is 96.7. The normalized spacial score (nSPS) is 24.4. The van der Waals surface area contributed by atoms with Gasteiger partial charge < -0.3 is 23.9 Å². The summed E-state index contributed by atoms with van der Waals surface area (Å²) >= 11 is 1.36. The number of hydroxylamine groups is 2. The van der Waals surface area contributed by atoms with Gasteiger partial charge in [-0.15, -0.1) is 29.6 Å². The highest BCUT2D eigenvalue weighted by Gasteiger charge is 2.46. The van der Waals surface area contributed by atoms with Crippen molar-refractivity contribution < 1.29 is 50.2 Å². The Kier molecular flexibility index (Phi) is 8.80. The van der Waals surface area contributed by atoms with Crippen LogP contribution in [0.15, 0.2) is 59.2 Å². The SMILES string of the molecule is COC(=O)c1ccc(-c2csc(N3C4CC[C@@H]3CC(OCC3=C(C5CC5)ON(C)C3c3ccccc3OC(F)(F)F)C4)n2)cc1C(F)(F)F. The summed E-state index contributed by atoms with van der Waals surface area (Å²) in [6.45, 7) is 0.190. The summed E-state index contributed by atoms with van der Waals surface area (Å²) in [6.07, 6.45) is -4.66. The zero-order chi connectivity index (χ0) is 34.7. The smallest absolute Gasteiger partial charge is 0.465 e. The van der Waals surface area contributed by atoms with Gasteiger partial charge in [-0.3, -0.25) is 0 Å². The summed E-state index contributed by atoms with van der Waals surface area (Å²) in [4.78, 5) is 25.0. The highest BCUT2D eigenvalue weighted by atomic mass is 32.1. The number of allylic oxidation sites excluding steroid dienone is 1. The Bertz CT molecular complexity index is 1740. The van der Waals surface area contributed by atoms with Crippen LogP contribution in [0.4, 0.5) is 31.5 Å². The molecule has 3 aliphatic heterocycles. The third-order valence-corrected chi connectivity index (χ3v) is 10.4. The molecule has 1 aromatic heterocycles. The second kappa shape index (κ2) is 12.8. The number of ether oxygens (including phenoxy) is 3. The van der Waals surface area contributed by atoms with Gasteiger partial charge in [-0.05, 0) is 56.7 Å². The lowest BCUT2D eigenvalue weighted by Gasteiger charge is -2.39. The largest absolute Gasteiger partial charge is 0.573 e. The van der Waals surface area contributed by atoms with Crippen molar-refractivity contribution >= 4 is 22.4 Å². The molecular weight excluding hydrogens is 676 g/mol. The van der Waals surface area contributed by atoms with Crippen LogP contribution < -0.4 is 9.64 Å². The fourth-order valence-corrected chi connectivity index (χ4v) is 8.26. The summed E-state index contributed by atoms with van der Waals surface area (Å²) in [5.74, 6) is -0.405. The number of methoxy groups -OCH3 is 1. The topological polar surface area (TPSA) is 73.4 Å². The summed E-state index contributed by atoms with van der Waals surface area (Å²) in [7, 11) is 2.73. The molecule has 3 unspecified atom stereocenters. The van der Waals surface area contributed by atoms with E-state index in [-0.39, 0.29) is 42.0 Å². The first-order valence-corrected chi connectivity index (χ1v) is 16.8. The Morgan fingerprint density at radius 2 is 1.73 bits per heavy atom. The van der Waals surface area contributed by atoms with Crippen LogP contribution in [0.1, 0.15) is 66.1 Å². The number of benzene rings is 2. The Morgan fingerprint density at radius 3 is 2.39 bits per heavy atom. The van der Waals surface area contributed by atoms with Crippen LogP contribution >= 0.6 is 11.3 Å². The summed E-state index contributed by atoms with van der Waals surface area (Å²) in [6, 6.07) is 9.15. The van der Waals surface area contributed by atoms with Crippen LogP contribution in [-0.4, -0.2) is 61.3 Å². The number of hydrogen-bond acceptors (Lipinski definition) is 9.